The Labute approximate surface area is 88.8 Å². The minimum Gasteiger partial charge on any atom is -0.463 e. The van der Waals surface area contributed by atoms with Crippen LogP contribution in [-0.2, 0) is 16.0 Å². The number of ether oxygens (including phenoxy) is 1. The third kappa shape index (κ3) is 3.42. The van der Waals surface area contributed by atoms with Gasteiger partial charge in [-0.2, -0.15) is 0 Å². The van der Waals surface area contributed by atoms with Crippen LogP contribution >= 0.6 is 0 Å². The number of carbonyl (C=O) groups is 1. The molecule has 2 N–H and O–H groups in total. The lowest BCUT2D eigenvalue weighted by Gasteiger charge is -2.04. The number of esters is 1. The maximum atomic E-state index is 11.2. The molecule has 0 aromatic carbocycles. The van der Waals surface area contributed by atoms with Crippen LogP contribution in [0.2, 0.25) is 0 Å². The van der Waals surface area contributed by atoms with Crippen molar-refractivity contribution in [3.05, 3.63) is 36.0 Å². The minimum absolute atomic E-state index is 0.359. The fourth-order valence-corrected chi connectivity index (χ4v) is 1.09. The highest BCUT2D eigenvalue weighted by atomic mass is 16.5. The number of rotatable bonds is 4. The summed E-state index contributed by atoms with van der Waals surface area (Å²) in [6.07, 6.45) is 2.06. The van der Waals surface area contributed by atoms with E-state index in [2.05, 4.69) is 11.6 Å². The van der Waals surface area contributed by atoms with E-state index in [4.69, 9.17) is 10.5 Å². The predicted molar refractivity (Wildman–Crippen MR) is 58.1 cm³/mol. The lowest BCUT2D eigenvalue weighted by Crippen LogP contribution is -2.08. The number of nitrogens with zero attached hydrogens (tertiary/aromatic N) is 1. The first kappa shape index (κ1) is 11.2. The van der Waals surface area contributed by atoms with Gasteiger partial charge in [0.25, 0.3) is 0 Å². The van der Waals surface area contributed by atoms with Crippen LogP contribution in [0.15, 0.2) is 30.5 Å². The number of hydrogen-bond donors (Lipinski definition) is 1. The van der Waals surface area contributed by atoms with Crippen molar-refractivity contribution in [2.75, 3.05) is 12.3 Å². The molecule has 15 heavy (non-hydrogen) atoms. The Hall–Kier alpha value is -1.84. The number of nitrogen functional groups attached to an aromatic ring is 1. The highest BCUT2D eigenvalue weighted by molar-refractivity contribution is 5.88. The van der Waals surface area contributed by atoms with Crippen LogP contribution in [0.25, 0.3) is 0 Å². The summed E-state index contributed by atoms with van der Waals surface area (Å²) in [4.78, 5) is 15.2. The topological polar surface area (TPSA) is 65.2 Å². The monoisotopic (exact) mass is 206 g/mol. The predicted octanol–water partition coefficient (Wildman–Crippen LogP) is 1.33. The number of nitrogens with two attached hydrogens (primary N) is 1. The number of anilines is 1. The van der Waals surface area contributed by atoms with Crippen LogP contribution in [0.5, 0.6) is 0 Å². The zero-order chi connectivity index (χ0) is 11.3. The van der Waals surface area contributed by atoms with Gasteiger partial charge in [0.1, 0.15) is 5.82 Å². The van der Waals surface area contributed by atoms with Crippen molar-refractivity contribution in [2.24, 2.45) is 0 Å². The lowest BCUT2D eigenvalue weighted by atomic mass is 10.1. The minimum atomic E-state index is -0.366. The van der Waals surface area contributed by atoms with Crippen LogP contribution in [0.3, 0.4) is 0 Å². The van der Waals surface area contributed by atoms with Crippen molar-refractivity contribution in [3.63, 3.8) is 0 Å². The second-order valence-corrected chi connectivity index (χ2v) is 3.09. The molecule has 0 unspecified atom stereocenters. The maximum absolute atomic E-state index is 11.2. The Morgan fingerprint density at radius 2 is 2.33 bits per heavy atom. The normalized spacial score (nSPS) is 9.67. The third-order valence-electron chi connectivity index (χ3n) is 1.83. The summed E-state index contributed by atoms with van der Waals surface area (Å²) >= 11 is 0. The zero-order valence-electron chi connectivity index (χ0n) is 8.69. The Morgan fingerprint density at radius 1 is 1.60 bits per heavy atom. The van der Waals surface area contributed by atoms with Crippen molar-refractivity contribution >= 4 is 11.8 Å². The first-order valence-corrected chi connectivity index (χ1v) is 4.68. The van der Waals surface area contributed by atoms with Crippen molar-refractivity contribution in [1.29, 1.82) is 0 Å². The van der Waals surface area contributed by atoms with Crippen LogP contribution in [0.4, 0.5) is 5.82 Å². The van der Waals surface area contributed by atoms with Crippen LogP contribution in [0, 0.1) is 0 Å². The molecule has 4 nitrogen and oxygen atoms in total. The van der Waals surface area contributed by atoms with E-state index in [9.17, 15) is 4.79 Å². The fourth-order valence-electron chi connectivity index (χ4n) is 1.09. The van der Waals surface area contributed by atoms with Gasteiger partial charge in [-0.05, 0) is 18.6 Å². The third-order valence-corrected chi connectivity index (χ3v) is 1.83. The SMILES string of the molecule is C=C(Cc1ccc(N)nc1)C(=O)OCC. The van der Waals surface area contributed by atoms with Crippen molar-refractivity contribution < 1.29 is 9.53 Å². The van der Waals surface area contributed by atoms with Gasteiger partial charge in [0.2, 0.25) is 0 Å². The summed E-state index contributed by atoms with van der Waals surface area (Å²) in [7, 11) is 0. The van der Waals surface area contributed by atoms with Gasteiger partial charge in [0, 0.05) is 18.2 Å². The molecule has 0 atom stereocenters. The molecule has 0 radical (unpaired) electrons. The van der Waals surface area contributed by atoms with Gasteiger partial charge in [-0.25, -0.2) is 9.78 Å². The Morgan fingerprint density at radius 3 is 2.87 bits per heavy atom. The van der Waals surface area contributed by atoms with Gasteiger partial charge in [-0.15, -0.1) is 0 Å². The molecule has 0 saturated carbocycles. The Bertz CT molecular complexity index is 357. The molecule has 0 aliphatic carbocycles. The molecule has 0 bridgehead atoms. The average Bonchev–Trinajstić information content (AvgIpc) is 2.22. The van der Waals surface area contributed by atoms with Crippen molar-refractivity contribution in [2.45, 2.75) is 13.3 Å². The number of carbonyl (C=O) groups excluding carboxylic acids is 1. The first-order chi connectivity index (χ1) is 7.13. The second kappa shape index (κ2) is 5.14. The number of aromatic nitrogens is 1. The summed E-state index contributed by atoms with van der Waals surface area (Å²) in [5, 5.41) is 0. The van der Waals surface area contributed by atoms with Gasteiger partial charge in [0.05, 0.1) is 6.61 Å². The summed E-state index contributed by atoms with van der Waals surface area (Å²) in [6, 6.07) is 3.50. The van der Waals surface area contributed by atoms with Gasteiger partial charge in [-0.1, -0.05) is 12.6 Å². The Kier molecular flexibility index (Phi) is 3.85. The molecule has 0 fully saturated rings. The van der Waals surface area contributed by atoms with E-state index in [1.54, 1.807) is 19.2 Å². The van der Waals surface area contributed by atoms with E-state index < -0.39 is 0 Å². The molecule has 1 heterocycles. The van der Waals surface area contributed by atoms with Gasteiger partial charge >= 0.3 is 5.97 Å². The summed E-state index contributed by atoms with van der Waals surface area (Å²) in [6.45, 7) is 5.78. The number of pyridine rings is 1. The molecule has 0 saturated heterocycles. The largest absolute Gasteiger partial charge is 0.463 e. The molecular weight excluding hydrogens is 192 g/mol. The van der Waals surface area contributed by atoms with Gasteiger partial charge < -0.3 is 10.5 Å². The quantitative estimate of drug-likeness (QED) is 0.596. The molecular formula is C11H14N2O2. The molecule has 1 aromatic rings. The smallest absolute Gasteiger partial charge is 0.333 e. The van der Waals surface area contributed by atoms with Crippen LogP contribution in [-0.4, -0.2) is 17.6 Å². The van der Waals surface area contributed by atoms with Crippen molar-refractivity contribution in [1.82, 2.24) is 4.98 Å². The summed E-state index contributed by atoms with van der Waals surface area (Å²) < 4.78 is 4.82. The molecule has 0 aliphatic rings. The molecule has 1 rings (SSSR count). The molecule has 4 heteroatoms. The lowest BCUT2D eigenvalue weighted by molar-refractivity contribution is -0.138. The van der Waals surface area contributed by atoms with E-state index in [1.165, 1.54) is 0 Å². The highest BCUT2D eigenvalue weighted by Gasteiger charge is 2.08. The number of hydrogen-bond acceptors (Lipinski definition) is 4. The van der Waals surface area contributed by atoms with E-state index in [-0.39, 0.29) is 5.97 Å². The van der Waals surface area contributed by atoms with Gasteiger partial charge in [0.15, 0.2) is 0 Å². The second-order valence-electron chi connectivity index (χ2n) is 3.09. The van der Waals surface area contributed by atoms with E-state index in [0.717, 1.165) is 5.56 Å². The van der Waals surface area contributed by atoms with Crippen LogP contribution in [0.1, 0.15) is 12.5 Å². The molecule has 0 aliphatic heterocycles. The van der Waals surface area contributed by atoms with E-state index >= 15 is 0 Å². The molecule has 80 valence electrons. The zero-order valence-corrected chi connectivity index (χ0v) is 8.69. The van der Waals surface area contributed by atoms with Crippen molar-refractivity contribution in [3.8, 4) is 0 Å². The summed E-state index contributed by atoms with van der Waals surface area (Å²) in [5.74, 6) is 0.0924. The van der Waals surface area contributed by atoms with Gasteiger partial charge in [-0.3, -0.25) is 0 Å². The van der Waals surface area contributed by atoms with Crippen LogP contribution < -0.4 is 5.73 Å². The summed E-state index contributed by atoms with van der Waals surface area (Å²) in [5.41, 5.74) is 6.75. The highest BCUT2D eigenvalue weighted by Crippen LogP contribution is 2.08. The molecule has 0 spiro atoms. The standard InChI is InChI=1S/C11H14N2O2/c1-3-15-11(14)8(2)6-9-4-5-10(12)13-7-9/h4-5,7H,2-3,6H2,1H3,(H2,12,13). The van der Waals surface area contributed by atoms with E-state index in [0.29, 0.717) is 24.4 Å². The first-order valence-electron chi connectivity index (χ1n) is 4.68. The maximum Gasteiger partial charge on any atom is 0.333 e. The molecule has 0 amide bonds. The average molecular weight is 206 g/mol. The van der Waals surface area contributed by atoms with E-state index in [1.807, 2.05) is 6.07 Å². The molecule has 1 aromatic heterocycles. The Balaban J connectivity index is 2.58. The fraction of sp³-hybridized carbons (Fsp3) is 0.273.